The molecule has 1 aliphatic rings. The van der Waals surface area contributed by atoms with Gasteiger partial charge in [0.2, 0.25) is 0 Å². The molecule has 0 aliphatic carbocycles. The van der Waals surface area contributed by atoms with Crippen molar-refractivity contribution >= 4 is 46.5 Å². The zero-order valence-electron chi connectivity index (χ0n) is 17.8. The third-order valence-electron chi connectivity index (χ3n) is 5.79. The van der Waals surface area contributed by atoms with E-state index in [4.69, 9.17) is 34.8 Å². The highest BCUT2D eigenvalue weighted by atomic mass is 35.5. The fraction of sp³-hybridized carbons (Fsp3) is 0.240. The van der Waals surface area contributed by atoms with Crippen LogP contribution in [0.25, 0.3) is 0 Å². The molecule has 0 spiro atoms. The summed E-state index contributed by atoms with van der Waals surface area (Å²) in [5.41, 5.74) is 3.74. The van der Waals surface area contributed by atoms with Gasteiger partial charge in [-0.2, -0.15) is 0 Å². The number of carbonyl (C=O) groups is 1. The van der Waals surface area contributed by atoms with Crippen LogP contribution >= 0.6 is 34.8 Å². The number of nitrogens with one attached hydrogen (secondary N) is 1. The van der Waals surface area contributed by atoms with Crippen molar-refractivity contribution < 1.29 is 9.90 Å². The first-order valence-electron chi connectivity index (χ1n) is 10.6. The van der Waals surface area contributed by atoms with E-state index in [1.54, 1.807) is 6.07 Å². The van der Waals surface area contributed by atoms with Gasteiger partial charge in [0.05, 0.1) is 23.4 Å². The second-order valence-corrected chi connectivity index (χ2v) is 9.22. The molecule has 0 aromatic heterocycles. The Balaban J connectivity index is 1.51. The van der Waals surface area contributed by atoms with Crippen LogP contribution in [0.1, 0.15) is 22.7 Å². The number of carbonyl (C=O) groups excluding carboxylic acids is 1. The van der Waals surface area contributed by atoms with Crippen LogP contribution in [-0.4, -0.2) is 35.7 Å². The lowest BCUT2D eigenvalue weighted by Gasteiger charge is -2.43. The van der Waals surface area contributed by atoms with Crippen LogP contribution in [0.4, 0.5) is 10.5 Å². The molecule has 3 aromatic rings. The Kier molecular flexibility index (Phi) is 7.66. The number of urea groups is 1. The summed E-state index contributed by atoms with van der Waals surface area (Å²) < 4.78 is 0. The zero-order valence-corrected chi connectivity index (χ0v) is 20.1. The fourth-order valence-corrected chi connectivity index (χ4v) is 4.64. The smallest absolute Gasteiger partial charge is 0.317 e. The topological polar surface area (TPSA) is 55.8 Å². The SMILES string of the molecule is O=C(NCc1ccc(CO)cc1)N1CCN(c2ccc(Cl)cc2Cl)C(c2ccc(Cl)cc2)C1. The van der Waals surface area contributed by atoms with Crippen LogP contribution in [0.2, 0.25) is 15.1 Å². The summed E-state index contributed by atoms with van der Waals surface area (Å²) in [7, 11) is 0. The summed E-state index contributed by atoms with van der Waals surface area (Å²) >= 11 is 18.7. The molecule has 2 N–H and O–H groups in total. The zero-order chi connectivity index (χ0) is 23.4. The van der Waals surface area contributed by atoms with Crippen LogP contribution in [-0.2, 0) is 13.2 Å². The van der Waals surface area contributed by atoms with Crippen LogP contribution < -0.4 is 10.2 Å². The van der Waals surface area contributed by atoms with Crippen molar-refractivity contribution in [1.82, 2.24) is 10.2 Å². The largest absolute Gasteiger partial charge is 0.392 e. The van der Waals surface area contributed by atoms with E-state index in [0.717, 1.165) is 22.4 Å². The van der Waals surface area contributed by atoms with Gasteiger partial charge in [0, 0.05) is 36.2 Å². The van der Waals surface area contributed by atoms with Gasteiger partial charge in [-0.05, 0) is 47.0 Å². The molecule has 3 aromatic carbocycles. The number of aliphatic hydroxyl groups excluding tert-OH is 1. The van der Waals surface area contributed by atoms with Crippen molar-refractivity contribution in [2.45, 2.75) is 19.2 Å². The van der Waals surface area contributed by atoms with E-state index >= 15 is 0 Å². The van der Waals surface area contributed by atoms with Crippen molar-refractivity contribution in [2.75, 3.05) is 24.5 Å². The van der Waals surface area contributed by atoms with Crippen molar-refractivity contribution in [1.29, 1.82) is 0 Å². The first-order valence-corrected chi connectivity index (χ1v) is 11.8. The number of aliphatic hydroxyl groups is 1. The maximum absolute atomic E-state index is 13.0. The van der Waals surface area contributed by atoms with Gasteiger partial charge in [0.15, 0.2) is 0 Å². The third-order valence-corrected chi connectivity index (χ3v) is 6.58. The minimum atomic E-state index is -0.123. The molecule has 1 heterocycles. The van der Waals surface area contributed by atoms with Crippen LogP contribution in [0.15, 0.2) is 66.7 Å². The van der Waals surface area contributed by atoms with E-state index in [1.165, 1.54) is 0 Å². The first-order chi connectivity index (χ1) is 15.9. The molecular weight excluding hydrogens is 481 g/mol. The summed E-state index contributed by atoms with van der Waals surface area (Å²) in [6.45, 7) is 2.08. The van der Waals surface area contributed by atoms with Gasteiger partial charge in [-0.25, -0.2) is 4.79 Å². The quantitative estimate of drug-likeness (QED) is 0.454. The van der Waals surface area contributed by atoms with E-state index in [0.29, 0.717) is 41.2 Å². The number of nitrogens with zero attached hydrogens (tertiary/aromatic N) is 2. The molecule has 5 nitrogen and oxygen atoms in total. The number of hydrogen-bond donors (Lipinski definition) is 2. The number of hydrogen-bond acceptors (Lipinski definition) is 3. The molecule has 1 atom stereocenters. The van der Waals surface area contributed by atoms with E-state index in [-0.39, 0.29) is 18.7 Å². The predicted octanol–water partition coefficient (Wildman–Crippen LogP) is 5.91. The number of piperazine rings is 1. The second-order valence-electron chi connectivity index (χ2n) is 7.94. The molecule has 0 bridgehead atoms. The van der Waals surface area contributed by atoms with Crippen LogP contribution in [0.3, 0.4) is 0 Å². The first kappa shape index (κ1) is 23.7. The number of rotatable bonds is 5. The Hall–Kier alpha value is -2.44. The third kappa shape index (κ3) is 5.74. The molecule has 2 amide bonds. The number of anilines is 1. The molecule has 33 heavy (non-hydrogen) atoms. The molecular formula is C25H24Cl3N3O2. The summed E-state index contributed by atoms with van der Waals surface area (Å²) in [5.74, 6) is 0. The Labute approximate surface area is 208 Å². The minimum absolute atomic E-state index is 0.000634. The minimum Gasteiger partial charge on any atom is -0.392 e. The second kappa shape index (κ2) is 10.7. The number of amides is 2. The highest BCUT2D eigenvalue weighted by Gasteiger charge is 2.31. The summed E-state index contributed by atoms with van der Waals surface area (Å²) in [4.78, 5) is 17.0. The van der Waals surface area contributed by atoms with Gasteiger partial charge in [-0.1, -0.05) is 71.2 Å². The number of halogens is 3. The van der Waals surface area contributed by atoms with Gasteiger partial charge in [0.25, 0.3) is 0 Å². The van der Waals surface area contributed by atoms with Crippen LogP contribution in [0, 0.1) is 0 Å². The lowest BCUT2D eigenvalue weighted by molar-refractivity contribution is 0.184. The summed E-state index contributed by atoms with van der Waals surface area (Å²) in [6, 6.07) is 20.4. The lowest BCUT2D eigenvalue weighted by atomic mass is 10.0. The molecule has 4 rings (SSSR count). The van der Waals surface area contributed by atoms with E-state index in [1.807, 2.05) is 65.6 Å². The maximum atomic E-state index is 13.0. The van der Waals surface area contributed by atoms with Crippen molar-refractivity contribution in [2.24, 2.45) is 0 Å². The van der Waals surface area contributed by atoms with Crippen molar-refractivity contribution in [3.63, 3.8) is 0 Å². The summed E-state index contributed by atoms with van der Waals surface area (Å²) in [5, 5.41) is 14.0. The molecule has 0 saturated carbocycles. The molecule has 1 saturated heterocycles. The van der Waals surface area contributed by atoms with Gasteiger partial charge < -0.3 is 20.2 Å². The molecule has 0 radical (unpaired) electrons. The molecule has 1 fully saturated rings. The standard InChI is InChI=1S/C25H24Cl3N3O2/c26-20-7-5-19(6-8-20)24-15-30(11-12-31(24)23-10-9-21(27)13-22(23)28)25(33)29-14-17-1-3-18(16-32)4-2-17/h1-10,13,24,32H,11-12,14-16H2,(H,29,33). The predicted molar refractivity (Wildman–Crippen MR) is 134 cm³/mol. The Bertz CT molecular complexity index is 1110. The lowest BCUT2D eigenvalue weighted by Crippen LogP contribution is -2.53. The molecule has 1 unspecified atom stereocenters. The van der Waals surface area contributed by atoms with Crippen molar-refractivity contribution in [3.05, 3.63) is 98.5 Å². The number of benzene rings is 3. The Morgan fingerprint density at radius 2 is 1.58 bits per heavy atom. The Morgan fingerprint density at radius 1 is 0.909 bits per heavy atom. The van der Waals surface area contributed by atoms with E-state index < -0.39 is 0 Å². The normalized spacial score (nSPS) is 16.1. The monoisotopic (exact) mass is 503 g/mol. The van der Waals surface area contributed by atoms with Gasteiger partial charge in [0.1, 0.15) is 0 Å². The van der Waals surface area contributed by atoms with Gasteiger partial charge in [-0.3, -0.25) is 0 Å². The highest BCUT2D eigenvalue weighted by Crippen LogP contribution is 2.36. The van der Waals surface area contributed by atoms with Crippen LogP contribution in [0.5, 0.6) is 0 Å². The van der Waals surface area contributed by atoms with Crippen molar-refractivity contribution in [3.8, 4) is 0 Å². The molecule has 172 valence electrons. The van der Waals surface area contributed by atoms with Gasteiger partial charge in [-0.15, -0.1) is 0 Å². The van der Waals surface area contributed by atoms with E-state index in [9.17, 15) is 9.90 Å². The fourth-order valence-electron chi connectivity index (χ4n) is 3.99. The highest BCUT2D eigenvalue weighted by molar-refractivity contribution is 6.36. The molecule has 1 aliphatic heterocycles. The average Bonchev–Trinajstić information content (AvgIpc) is 2.83. The van der Waals surface area contributed by atoms with E-state index in [2.05, 4.69) is 10.2 Å². The van der Waals surface area contributed by atoms with Gasteiger partial charge >= 0.3 is 6.03 Å². The summed E-state index contributed by atoms with van der Waals surface area (Å²) in [6.07, 6.45) is 0. The Morgan fingerprint density at radius 3 is 2.24 bits per heavy atom. The average molecular weight is 505 g/mol. The maximum Gasteiger partial charge on any atom is 0.317 e. The molecule has 8 heteroatoms.